The van der Waals surface area contributed by atoms with Gasteiger partial charge in [-0.15, -0.1) is 0 Å². The summed E-state index contributed by atoms with van der Waals surface area (Å²) in [4.78, 5) is 0. The number of hydrogen-bond donors (Lipinski definition) is 2. The summed E-state index contributed by atoms with van der Waals surface area (Å²) in [5.74, 6) is 0.551. The number of hydrogen-bond acceptors (Lipinski definition) is 4. The third-order valence-corrected chi connectivity index (χ3v) is 3.68. The summed E-state index contributed by atoms with van der Waals surface area (Å²) in [6.45, 7) is 1.92. The summed E-state index contributed by atoms with van der Waals surface area (Å²) in [6.07, 6.45) is 3.63. The monoisotopic (exact) mass is 388 g/mol. The minimum atomic E-state index is 0.400. The molecule has 8 heteroatoms. The lowest BCUT2D eigenvalue weighted by atomic mass is 10.2. The van der Waals surface area contributed by atoms with Crippen LogP contribution in [0.25, 0.3) is 17.6 Å². The van der Waals surface area contributed by atoms with Crippen molar-refractivity contribution in [3.63, 3.8) is 0 Å². The summed E-state index contributed by atoms with van der Waals surface area (Å²) in [7, 11) is 0. The third kappa shape index (κ3) is 3.72. The molecule has 2 N–H and O–H groups in total. The summed E-state index contributed by atoms with van der Waals surface area (Å²) in [6, 6.07) is 11.8. The molecule has 0 aliphatic carbocycles. The molecular weight excluding hydrogens is 376 g/mol. The molecule has 0 atom stereocenters. The van der Waals surface area contributed by atoms with Crippen molar-refractivity contribution in [1.82, 2.24) is 25.1 Å². The van der Waals surface area contributed by atoms with Gasteiger partial charge in [-0.05, 0) is 52.8 Å². The SMILES string of the molecule is Cc1cc(-c2n[nH]c(=S)n2/N=C/C(Br)=C/c2ccccc2)n[nH]1. The summed E-state index contributed by atoms with van der Waals surface area (Å²) >= 11 is 8.70. The number of rotatable bonds is 4. The fourth-order valence-corrected chi connectivity index (χ4v) is 2.49. The van der Waals surface area contributed by atoms with Crippen LogP contribution in [-0.2, 0) is 0 Å². The number of nitrogens with one attached hydrogen (secondary N) is 2. The van der Waals surface area contributed by atoms with Gasteiger partial charge in [0.15, 0.2) is 0 Å². The lowest BCUT2D eigenvalue weighted by molar-refractivity contribution is 0.866. The third-order valence-electron chi connectivity index (χ3n) is 2.99. The molecule has 0 aliphatic rings. The maximum Gasteiger partial charge on any atom is 0.216 e. The highest BCUT2D eigenvalue weighted by Gasteiger charge is 2.10. The predicted octanol–water partition coefficient (Wildman–Crippen LogP) is 3.91. The van der Waals surface area contributed by atoms with Crippen molar-refractivity contribution in [3.05, 3.63) is 56.9 Å². The second-order valence-electron chi connectivity index (χ2n) is 4.78. The Labute approximate surface area is 146 Å². The Hall–Kier alpha value is -2.32. The summed E-state index contributed by atoms with van der Waals surface area (Å²) < 4.78 is 2.75. The van der Waals surface area contributed by atoms with E-state index in [1.165, 1.54) is 4.68 Å². The zero-order valence-corrected chi connectivity index (χ0v) is 14.6. The molecular formula is C15H13BrN6S. The van der Waals surface area contributed by atoms with E-state index in [1.807, 2.05) is 49.4 Å². The van der Waals surface area contributed by atoms with E-state index >= 15 is 0 Å². The molecule has 0 aliphatic heterocycles. The molecule has 23 heavy (non-hydrogen) atoms. The van der Waals surface area contributed by atoms with E-state index in [-0.39, 0.29) is 0 Å². The smallest absolute Gasteiger partial charge is 0.216 e. The zero-order valence-electron chi connectivity index (χ0n) is 12.2. The molecule has 0 saturated carbocycles. The highest BCUT2D eigenvalue weighted by Crippen LogP contribution is 2.16. The summed E-state index contributed by atoms with van der Waals surface area (Å²) in [5, 5.41) is 18.3. The van der Waals surface area contributed by atoms with Crippen molar-refractivity contribution in [1.29, 1.82) is 0 Å². The fraction of sp³-hybridized carbons (Fsp3) is 0.0667. The van der Waals surface area contributed by atoms with E-state index in [0.29, 0.717) is 16.3 Å². The maximum atomic E-state index is 5.22. The first-order valence-corrected chi connectivity index (χ1v) is 8.00. The normalized spacial score (nSPS) is 12.2. The van der Waals surface area contributed by atoms with Crippen LogP contribution in [0.3, 0.4) is 0 Å². The lowest BCUT2D eigenvalue weighted by Crippen LogP contribution is -1.94. The number of halogens is 1. The number of aromatic amines is 2. The van der Waals surface area contributed by atoms with E-state index in [4.69, 9.17) is 12.2 Å². The Balaban J connectivity index is 1.90. The van der Waals surface area contributed by atoms with Crippen molar-refractivity contribution in [2.24, 2.45) is 5.10 Å². The van der Waals surface area contributed by atoms with Crippen molar-refractivity contribution in [2.75, 3.05) is 0 Å². The first-order valence-electron chi connectivity index (χ1n) is 6.80. The second-order valence-corrected chi connectivity index (χ2v) is 6.09. The molecule has 116 valence electrons. The molecule has 0 saturated heterocycles. The van der Waals surface area contributed by atoms with Gasteiger partial charge in [-0.3, -0.25) is 5.10 Å². The van der Waals surface area contributed by atoms with E-state index in [1.54, 1.807) is 6.21 Å². The van der Waals surface area contributed by atoms with Gasteiger partial charge in [-0.1, -0.05) is 30.3 Å². The van der Waals surface area contributed by atoms with Crippen LogP contribution in [0.4, 0.5) is 0 Å². The van der Waals surface area contributed by atoms with Gasteiger partial charge in [-0.2, -0.15) is 20.0 Å². The Bertz CT molecular complexity index is 919. The van der Waals surface area contributed by atoms with Gasteiger partial charge in [0.1, 0.15) is 5.69 Å². The Morgan fingerprint density at radius 3 is 2.74 bits per heavy atom. The van der Waals surface area contributed by atoms with Crippen LogP contribution in [0.5, 0.6) is 0 Å². The molecule has 0 fully saturated rings. The number of H-pyrrole nitrogens is 2. The highest BCUT2D eigenvalue weighted by atomic mass is 79.9. The van der Waals surface area contributed by atoms with Crippen LogP contribution in [0.15, 0.2) is 46.0 Å². The van der Waals surface area contributed by atoms with Crippen LogP contribution >= 0.6 is 28.1 Å². The molecule has 3 aromatic rings. The van der Waals surface area contributed by atoms with Gasteiger partial charge < -0.3 is 0 Å². The maximum absolute atomic E-state index is 5.22. The van der Waals surface area contributed by atoms with Gasteiger partial charge in [0.2, 0.25) is 10.6 Å². The predicted molar refractivity (Wildman–Crippen MR) is 97.0 cm³/mol. The van der Waals surface area contributed by atoms with Crippen LogP contribution in [0.1, 0.15) is 11.3 Å². The first kappa shape index (κ1) is 15.6. The van der Waals surface area contributed by atoms with Crippen LogP contribution < -0.4 is 0 Å². The van der Waals surface area contributed by atoms with Gasteiger partial charge in [0.25, 0.3) is 0 Å². The van der Waals surface area contributed by atoms with Gasteiger partial charge >= 0.3 is 0 Å². The zero-order chi connectivity index (χ0) is 16.2. The number of aryl methyl sites for hydroxylation is 1. The molecule has 6 nitrogen and oxygen atoms in total. The number of aromatic nitrogens is 5. The highest BCUT2D eigenvalue weighted by molar-refractivity contribution is 9.12. The topological polar surface area (TPSA) is 74.7 Å². The van der Waals surface area contributed by atoms with Gasteiger partial charge in [0.05, 0.1) is 6.21 Å². The molecule has 0 radical (unpaired) electrons. The van der Waals surface area contributed by atoms with E-state index in [2.05, 4.69) is 41.4 Å². The molecule has 2 heterocycles. The Morgan fingerprint density at radius 1 is 1.26 bits per heavy atom. The van der Waals surface area contributed by atoms with Crippen LogP contribution in [0.2, 0.25) is 0 Å². The molecule has 1 aromatic carbocycles. The molecule has 0 amide bonds. The first-order chi connectivity index (χ1) is 11.1. The molecule has 0 bridgehead atoms. The fourth-order valence-electron chi connectivity index (χ4n) is 1.96. The van der Waals surface area contributed by atoms with Crippen molar-refractivity contribution in [3.8, 4) is 11.5 Å². The number of nitrogens with zero attached hydrogens (tertiary/aromatic N) is 4. The summed E-state index contributed by atoms with van der Waals surface area (Å²) in [5.41, 5.74) is 2.69. The average Bonchev–Trinajstić information content (AvgIpc) is 3.12. The van der Waals surface area contributed by atoms with Crippen molar-refractivity contribution >= 4 is 40.4 Å². The largest absolute Gasteiger partial charge is 0.282 e. The number of benzene rings is 1. The number of allylic oxidation sites excluding steroid dienone is 1. The molecule has 0 spiro atoms. The minimum absolute atomic E-state index is 0.400. The van der Waals surface area contributed by atoms with Crippen LogP contribution in [-0.4, -0.2) is 31.3 Å². The van der Waals surface area contributed by atoms with Gasteiger partial charge in [0, 0.05) is 10.2 Å². The molecule has 3 rings (SSSR count). The average molecular weight is 389 g/mol. The minimum Gasteiger partial charge on any atom is -0.282 e. The Kier molecular flexibility index (Phi) is 4.63. The standard InChI is InChI=1S/C15H13BrN6S/c1-10-7-13(19-18-10)14-20-21-15(23)22(14)17-9-12(16)8-11-5-3-2-4-6-11/h2-9H,1H3,(H,18,19)(H,21,23)/b12-8-,17-9+. The van der Waals surface area contributed by atoms with E-state index in [9.17, 15) is 0 Å². The van der Waals surface area contributed by atoms with E-state index < -0.39 is 0 Å². The van der Waals surface area contributed by atoms with Crippen LogP contribution in [0, 0.1) is 11.7 Å². The Morgan fingerprint density at radius 2 is 2.04 bits per heavy atom. The van der Waals surface area contributed by atoms with Crippen molar-refractivity contribution in [2.45, 2.75) is 6.92 Å². The molecule has 2 aromatic heterocycles. The second kappa shape index (κ2) is 6.84. The van der Waals surface area contributed by atoms with Crippen molar-refractivity contribution < 1.29 is 0 Å². The quantitative estimate of drug-likeness (QED) is 0.525. The lowest BCUT2D eigenvalue weighted by Gasteiger charge is -1.97. The molecule has 0 unspecified atom stereocenters. The van der Waals surface area contributed by atoms with Gasteiger partial charge in [-0.25, -0.2) is 5.10 Å². The van der Waals surface area contributed by atoms with E-state index in [0.717, 1.165) is 15.7 Å².